The van der Waals surface area contributed by atoms with E-state index in [1.165, 1.54) is 0 Å². The minimum atomic E-state index is -0.745. The average Bonchev–Trinajstić information content (AvgIpc) is 3.17. The Morgan fingerprint density at radius 3 is 2.39 bits per heavy atom. The van der Waals surface area contributed by atoms with E-state index in [4.69, 9.17) is 4.74 Å². The summed E-state index contributed by atoms with van der Waals surface area (Å²) in [5.41, 5.74) is 0.345. The van der Waals surface area contributed by atoms with Gasteiger partial charge in [-0.1, -0.05) is 12.8 Å². The van der Waals surface area contributed by atoms with Crippen LogP contribution in [0.4, 0.5) is 0 Å². The third-order valence-corrected chi connectivity index (χ3v) is 4.48. The number of H-pyrrole nitrogens is 1. The van der Waals surface area contributed by atoms with Crippen molar-refractivity contribution in [3.05, 3.63) is 24.0 Å². The lowest BCUT2D eigenvalue weighted by Gasteiger charge is -2.19. The highest BCUT2D eigenvalue weighted by Crippen LogP contribution is 2.37. The van der Waals surface area contributed by atoms with Gasteiger partial charge in [0.2, 0.25) is 17.6 Å². The maximum Gasteiger partial charge on any atom is 0.326 e. The van der Waals surface area contributed by atoms with Gasteiger partial charge in [-0.15, -0.1) is 0 Å². The number of carbonyl (C=O) groups is 4. The quantitative estimate of drug-likeness (QED) is 0.494. The molecule has 1 aromatic heterocycles. The lowest BCUT2D eigenvalue weighted by atomic mass is 9.81. The van der Waals surface area contributed by atoms with Crippen molar-refractivity contribution in [2.45, 2.75) is 25.7 Å². The van der Waals surface area contributed by atoms with Crippen LogP contribution < -0.4 is 0 Å². The largest absolute Gasteiger partial charge is 0.456 e. The molecule has 23 heavy (non-hydrogen) atoms. The number of Topliss-reactive ketones (excluding diaryl/α,β-unsaturated/α-hetero) is 1. The Morgan fingerprint density at radius 1 is 1.17 bits per heavy atom. The first kappa shape index (κ1) is 15.5. The van der Waals surface area contributed by atoms with E-state index in [1.54, 1.807) is 18.3 Å². The summed E-state index contributed by atoms with van der Waals surface area (Å²) in [6.07, 6.45) is 4.86. The summed E-state index contributed by atoms with van der Waals surface area (Å²) in [5.74, 6) is -2.25. The van der Waals surface area contributed by atoms with Crippen LogP contribution in [0.3, 0.4) is 0 Å². The number of likely N-dealkylation sites (tertiary alicyclic amines) is 1. The van der Waals surface area contributed by atoms with E-state index < -0.39 is 19.1 Å². The molecule has 7 nitrogen and oxygen atoms in total. The number of ketones is 1. The van der Waals surface area contributed by atoms with E-state index in [1.807, 2.05) is 0 Å². The van der Waals surface area contributed by atoms with Crippen LogP contribution in [0.1, 0.15) is 36.2 Å². The molecule has 0 spiro atoms. The van der Waals surface area contributed by atoms with E-state index in [-0.39, 0.29) is 29.4 Å². The molecule has 7 heteroatoms. The maximum atomic E-state index is 12.2. The number of rotatable bonds is 5. The number of nitrogens with one attached hydrogen (secondary N) is 1. The molecule has 0 radical (unpaired) electrons. The molecular weight excluding hydrogens is 300 g/mol. The van der Waals surface area contributed by atoms with Gasteiger partial charge in [-0.3, -0.25) is 24.1 Å². The summed E-state index contributed by atoms with van der Waals surface area (Å²) >= 11 is 0. The molecule has 0 aromatic carbocycles. The fraction of sp³-hybridized carbons (Fsp3) is 0.500. The molecule has 1 aromatic rings. The van der Waals surface area contributed by atoms with Crippen molar-refractivity contribution in [2.75, 3.05) is 13.2 Å². The summed E-state index contributed by atoms with van der Waals surface area (Å²) in [5, 5.41) is 0. The third kappa shape index (κ3) is 3.04. The average molecular weight is 318 g/mol. The number of aromatic nitrogens is 1. The molecule has 1 N–H and O–H groups in total. The number of aromatic amines is 1. The van der Waals surface area contributed by atoms with Gasteiger partial charge in [-0.25, -0.2) is 0 Å². The summed E-state index contributed by atoms with van der Waals surface area (Å²) in [4.78, 5) is 51.7. The van der Waals surface area contributed by atoms with Gasteiger partial charge in [0.15, 0.2) is 6.61 Å². The number of esters is 1. The van der Waals surface area contributed by atoms with Crippen molar-refractivity contribution in [3.63, 3.8) is 0 Å². The van der Waals surface area contributed by atoms with Crippen LogP contribution in [-0.2, 0) is 19.1 Å². The molecule has 2 atom stereocenters. The number of amides is 2. The van der Waals surface area contributed by atoms with E-state index in [9.17, 15) is 19.2 Å². The Hall–Kier alpha value is -2.44. The molecule has 1 saturated carbocycles. The van der Waals surface area contributed by atoms with E-state index in [0.29, 0.717) is 18.5 Å². The van der Waals surface area contributed by atoms with Gasteiger partial charge >= 0.3 is 5.97 Å². The molecule has 122 valence electrons. The maximum absolute atomic E-state index is 12.2. The minimum Gasteiger partial charge on any atom is -0.456 e. The Bertz CT molecular complexity index is 613. The van der Waals surface area contributed by atoms with Crippen LogP contribution in [0, 0.1) is 11.8 Å². The number of imide groups is 1. The lowest BCUT2D eigenvalue weighted by molar-refractivity contribution is -0.152. The van der Waals surface area contributed by atoms with Crippen molar-refractivity contribution in [1.82, 2.24) is 9.88 Å². The molecule has 2 fully saturated rings. The van der Waals surface area contributed by atoms with Crippen LogP contribution >= 0.6 is 0 Å². The smallest absolute Gasteiger partial charge is 0.326 e. The molecule has 1 aliphatic carbocycles. The second-order valence-corrected chi connectivity index (χ2v) is 5.93. The van der Waals surface area contributed by atoms with E-state index >= 15 is 0 Å². The van der Waals surface area contributed by atoms with Gasteiger partial charge in [0, 0.05) is 6.20 Å². The zero-order valence-corrected chi connectivity index (χ0v) is 12.6. The number of nitrogens with zero attached hydrogens (tertiary/aromatic N) is 1. The normalized spacial score (nSPS) is 23.7. The second-order valence-electron chi connectivity index (χ2n) is 5.93. The minimum absolute atomic E-state index is 0.285. The van der Waals surface area contributed by atoms with Crippen molar-refractivity contribution in [1.29, 1.82) is 0 Å². The zero-order valence-electron chi connectivity index (χ0n) is 12.6. The van der Waals surface area contributed by atoms with Crippen LogP contribution in [0.2, 0.25) is 0 Å². The Balaban J connectivity index is 1.54. The van der Waals surface area contributed by atoms with Gasteiger partial charge in [0.05, 0.1) is 17.5 Å². The van der Waals surface area contributed by atoms with Crippen molar-refractivity contribution in [2.24, 2.45) is 11.8 Å². The predicted molar refractivity (Wildman–Crippen MR) is 78.3 cm³/mol. The molecule has 3 rings (SSSR count). The number of carbonyl (C=O) groups excluding carboxylic acids is 4. The van der Waals surface area contributed by atoms with Gasteiger partial charge in [-0.2, -0.15) is 0 Å². The number of hydrogen-bond donors (Lipinski definition) is 1. The molecule has 1 saturated heterocycles. The molecule has 2 aliphatic rings. The van der Waals surface area contributed by atoms with E-state index in [0.717, 1.165) is 17.7 Å². The molecule has 2 unspecified atom stereocenters. The monoisotopic (exact) mass is 318 g/mol. The summed E-state index contributed by atoms with van der Waals surface area (Å²) in [6, 6.07) is 3.24. The molecular formula is C16H18N2O5. The molecule has 0 bridgehead atoms. The number of hydrogen-bond acceptors (Lipinski definition) is 5. The highest BCUT2D eigenvalue weighted by Gasteiger charge is 2.48. The molecule has 1 aliphatic heterocycles. The summed E-state index contributed by atoms with van der Waals surface area (Å²) in [7, 11) is 0. The van der Waals surface area contributed by atoms with Crippen LogP contribution in [0.5, 0.6) is 0 Å². The molecule has 2 amide bonds. The number of ether oxygens (including phenoxy) is 1. The summed E-state index contributed by atoms with van der Waals surface area (Å²) in [6.45, 7) is -0.828. The van der Waals surface area contributed by atoms with Gasteiger partial charge in [0.1, 0.15) is 6.54 Å². The van der Waals surface area contributed by atoms with Crippen molar-refractivity contribution < 1.29 is 23.9 Å². The standard InChI is InChI=1S/C16H18N2O5/c19-13(12-6-3-7-17-12)9-23-14(20)8-18-15(21)10-4-1-2-5-11(10)16(18)22/h3,6-7,10-11,17H,1-2,4-5,8-9H2. The third-order valence-electron chi connectivity index (χ3n) is 4.48. The second kappa shape index (κ2) is 6.36. The first-order chi connectivity index (χ1) is 11.1. The van der Waals surface area contributed by atoms with Crippen LogP contribution in [0.25, 0.3) is 0 Å². The topological polar surface area (TPSA) is 96.5 Å². The first-order valence-electron chi connectivity index (χ1n) is 7.75. The predicted octanol–water partition coefficient (Wildman–Crippen LogP) is 0.916. The number of fused-ring (bicyclic) bond motifs is 1. The Kier molecular flexibility index (Phi) is 4.27. The fourth-order valence-electron chi connectivity index (χ4n) is 3.29. The van der Waals surface area contributed by atoms with E-state index in [2.05, 4.69) is 4.98 Å². The highest BCUT2D eigenvalue weighted by molar-refractivity contribution is 6.07. The van der Waals surface area contributed by atoms with Crippen LogP contribution in [0.15, 0.2) is 18.3 Å². The Labute approximate surface area is 133 Å². The fourth-order valence-corrected chi connectivity index (χ4v) is 3.29. The lowest BCUT2D eigenvalue weighted by Crippen LogP contribution is -2.37. The SMILES string of the molecule is O=C(CN1C(=O)C2CCCCC2C1=O)OCC(=O)c1ccc[nH]1. The van der Waals surface area contributed by atoms with Gasteiger partial charge in [-0.05, 0) is 25.0 Å². The van der Waals surface area contributed by atoms with Crippen molar-refractivity contribution in [3.8, 4) is 0 Å². The zero-order chi connectivity index (χ0) is 16.4. The highest BCUT2D eigenvalue weighted by atomic mass is 16.5. The van der Waals surface area contributed by atoms with Crippen LogP contribution in [-0.4, -0.2) is 46.6 Å². The first-order valence-corrected chi connectivity index (χ1v) is 7.75. The Morgan fingerprint density at radius 2 is 1.83 bits per heavy atom. The summed E-state index contributed by atoms with van der Waals surface area (Å²) < 4.78 is 4.89. The van der Waals surface area contributed by atoms with Gasteiger partial charge in [0.25, 0.3) is 0 Å². The van der Waals surface area contributed by atoms with Crippen molar-refractivity contribution >= 4 is 23.6 Å². The molecule has 2 heterocycles. The van der Waals surface area contributed by atoms with Gasteiger partial charge < -0.3 is 9.72 Å².